The van der Waals surface area contributed by atoms with Gasteiger partial charge in [-0.3, -0.25) is 19.3 Å². The van der Waals surface area contributed by atoms with E-state index in [0.29, 0.717) is 72.3 Å². The van der Waals surface area contributed by atoms with Crippen LogP contribution in [0.25, 0.3) is 0 Å². The molecule has 4 heterocycles. The molecule has 69 heavy (non-hydrogen) atoms. The molecule has 3 aromatic rings. The molecule has 4 fully saturated rings. The smallest absolute Gasteiger partial charge is 0.416 e. The van der Waals surface area contributed by atoms with Gasteiger partial charge in [-0.1, -0.05) is 26.0 Å². The molecule has 4 amide bonds. The Balaban J connectivity index is 0.820. The Morgan fingerprint density at radius 1 is 0.841 bits per heavy atom. The lowest BCUT2D eigenvalue weighted by Crippen LogP contribution is -2.50. The second-order valence-corrected chi connectivity index (χ2v) is 20.4. The van der Waals surface area contributed by atoms with Crippen LogP contribution in [0.1, 0.15) is 106 Å². The number of hydrogen-bond donors (Lipinski definition) is 6. The lowest BCUT2D eigenvalue weighted by atomic mass is 10.0. The summed E-state index contributed by atoms with van der Waals surface area (Å²) in [7, 11) is 3.09. The largest absolute Gasteiger partial charge is 0.493 e. The van der Waals surface area contributed by atoms with Crippen molar-refractivity contribution in [3.8, 4) is 23.0 Å². The van der Waals surface area contributed by atoms with Crippen molar-refractivity contribution in [3.05, 3.63) is 65.2 Å². The molecule has 0 bridgehead atoms. The van der Waals surface area contributed by atoms with Gasteiger partial charge in [0.1, 0.15) is 18.9 Å². The normalized spacial score (nSPS) is 23.3. The monoisotopic (exact) mass is 953 g/mol. The molecular weight excluding hydrogens is 887 g/mol. The van der Waals surface area contributed by atoms with Crippen LogP contribution < -0.4 is 45.5 Å². The molecule has 0 aromatic heterocycles. The second kappa shape index (κ2) is 19.5. The highest BCUT2D eigenvalue weighted by Crippen LogP contribution is 2.58. The number of carbonyl (C=O) groups is 4. The van der Waals surface area contributed by atoms with Gasteiger partial charge in [-0.05, 0) is 111 Å². The summed E-state index contributed by atoms with van der Waals surface area (Å²) in [5.74, 6) is 0.562. The molecule has 372 valence electrons. The summed E-state index contributed by atoms with van der Waals surface area (Å²) in [6.07, 6.45) is 5.23. The van der Waals surface area contributed by atoms with Crippen molar-refractivity contribution in [2.75, 3.05) is 62.6 Å². The number of unbranched alkanes of at least 4 members (excludes halogenated alkanes) is 2. The van der Waals surface area contributed by atoms with Gasteiger partial charge in [-0.15, -0.1) is 0 Å². The maximum absolute atomic E-state index is 14.3. The molecule has 2 saturated carbocycles. The van der Waals surface area contributed by atoms with Gasteiger partial charge in [-0.25, -0.2) is 9.69 Å². The molecule has 18 nitrogen and oxygen atoms in total. The van der Waals surface area contributed by atoms with Crippen LogP contribution in [0.4, 0.5) is 21.9 Å². The molecule has 2 aliphatic carbocycles. The van der Waals surface area contributed by atoms with Gasteiger partial charge < -0.3 is 60.5 Å². The fourth-order valence-electron chi connectivity index (χ4n) is 10.4. The van der Waals surface area contributed by atoms with Gasteiger partial charge in [-0.2, -0.15) is 0 Å². The number of hydrogen-bond acceptors (Lipinski definition) is 14. The summed E-state index contributed by atoms with van der Waals surface area (Å²) >= 11 is 0. The Morgan fingerprint density at radius 3 is 2.14 bits per heavy atom. The Labute approximate surface area is 403 Å². The van der Waals surface area contributed by atoms with Crippen LogP contribution in [0, 0.1) is 16.7 Å². The van der Waals surface area contributed by atoms with Crippen LogP contribution in [0.3, 0.4) is 0 Å². The fraction of sp³-hybridized carbons (Fsp3) is 0.569. The Kier molecular flexibility index (Phi) is 13.6. The molecule has 7 N–H and O–H groups in total. The third kappa shape index (κ3) is 9.98. The van der Waals surface area contributed by atoms with Gasteiger partial charge in [0.25, 0.3) is 5.91 Å². The van der Waals surface area contributed by atoms with Crippen LogP contribution in [0.15, 0.2) is 48.5 Å². The first-order valence-corrected chi connectivity index (χ1v) is 24.4. The first-order chi connectivity index (χ1) is 33.1. The molecule has 0 radical (unpaired) electrons. The Hall–Kier alpha value is -5.82. The van der Waals surface area contributed by atoms with Crippen LogP contribution >= 0.6 is 0 Å². The number of rotatable bonds is 17. The molecule has 6 aliphatic rings. The highest BCUT2D eigenvalue weighted by atomic mass is 16.6. The molecule has 2 spiro atoms. The summed E-state index contributed by atoms with van der Waals surface area (Å²) in [4.78, 5) is 58.7. The van der Waals surface area contributed by atoms with E-state index in [0.717, 1.165) is 61.3 Å². The van der Waals surface area contributed by atoms with Gasteiger partial charge in [0.2, 0.25) is 11.8 Å². The number of amides is 4. The maximum Gasteiger partial charge on any atom is 0.416 e. The van der Waals surface area contributed by atoms with Gasteiger partial charge in [0.05, 0.1) is 50.8 Å². The predicted molar refractivity (Wildman–Crippen MR) is 256 cm³/mol. The average Bonchev–Trinajstić information content (AvgIpc) is 4.22. The third-order valence-corrected chi connectivity index (χ3v) is 15.1. The standard InChI is InChI=1S/C51H67N7O11/c1-29(2)43(52)45(60)54-30(3)44(59)55-32-11-9-31(10-12-32)26-69-49(64)58-37-22-42(40(66-5)20-35(37)47(62)57-28-51(15-16-51)24-38(57)48(58)63)68-18-8-6-7-17-67-41-21-36-34(19-39(41)65-4)46(61)56-27-50(13-14-50)23-33(56)25-53-36/h9-12,19-22,29-30,33,38,43,46,48,53,61,63H,6-8,13-18,23-28,52H2,1-5H3,(H,54,60)(H,55,59)/t30-,33-,38-,43-,46?,48?/m0/s1. The van der Waals surface area contributed by atoms with E-state index in [9.17, 15) is 29.4 Å². The fourth-order valence-corrected chi connectivity index (χ4v) is 10.4. The molecule has 6 atom stereocenters. The number of nitrogens with one attached hydrogen (secondary N) is 3. The van der Waals surface area contributed by atoms with E-state index in [-0.39, 0.29) is 41.1 Å². The van der Waals surface area contributed by atoms with Gasteiger partial charge >= 0.3 is 6.09 Å². The minimum atomic E-state index is -1.40. The van der Waals surface area contributed by atoms with Gasteiger partial charge in [0, 0.05) is 54.7 Å². The van der Waals surface area contributed by atoms with Crippen molar-refractivity contribution in [1.82, 2.24) is 15.1 Å². The lowest BCUT2D eigenvalue weighted by Gasteiger charge is -2.31. The quantitative estimate of drug-likeness (QED) is 0.0920. The average molecular weight is 954 g/mol. The number of carbonyl (C=O) groups excluding carboxylic acids is 4. The number of nitrogens with two attached hydrogens (primary N) is 1. The molecule has 3 aromatic carbocycles. The molecule has 2 saturated heterocycles. The minimum absolute atomic E-state index is 0.0713. The number of aliphatic hydroxyl groups excluding tert-OH is 2. The molecular formula is C51H67N7O11. The number of ether oxygens (including phenoxy) is 5. The Morgan fingerprint density at radius 2 is 1.49 bits per heavy atom. The topological polar surface area (TPSA) is 227 Å². The van der Waals surface area contributed by atoms with Crippen molar-refractivity contribution < 1.29 is 53.1 Å². The first kappa shape index (κ1) is 48.2. The molecule has 2 unspecified atom stereocenters. The van der Waals surface area contributed by atoms with Crippen molar-refractivity contribution in [1.29, 1.82) is 0 Å². The number of nitrogens with zero attached hydrogens (tertiary/aromatic N) is 3. The number of benzene rings is 3. The summed E-state index contributed by atoms with van der Waals surface area (Å²) in [6.45, 7) is 7.96. The number of anilines is 3. The van der Waals surface area contributed by atoms with Crippen LogP contribution in [0.2, 0.25) is 0 Å². The SMILES string of the molecule is COc1cc2c(cc1OCCCCCOc1cc3c(cc1OC)C(=O)N1CC4(CC4)C[C@H]1C(O)N3C(=O)OCc1ccc(NC(=O)[C@H](C)NC(=O)[C@@H](N)C(C)C)cc1)NC[C@@H]1CC3(CC3)CN1C2O. The van der Waals surface area contributed by atoms with Gasteiger partial charge in [0.15, 0.2) is 29.2 Å². The van der Waals surface area contributed by atoms with E-state index in [1.54, 1.807) is 55.3 Å². The van der Waals surface area contributed by atoms with Crippen molar-refractivity contribution in [2.24, 2.45) is 22.5 Å². The maximum atomic E-state index is 14.3. The van der Waals surface area contributed by atoms with E-state index in [2.05, 4.69) is 20.9 Å². The zero-order chi connectivity index (χ0) is 48.8. The Bertz CT molecular complexity index is 2420. The predicted octanol–water partition coefficient (Wildman–Crippen LogP) is 5.50. The van der Waals surface area contributed by atoms with E-state index >= 15 is 0 Å². The third-order valence-electron chi connectivity index (χ3n) is 15.1. The van der Waals surface area contributed by atoms with Crippen molar-refractivity contribution >= 4 is 40.9 Å². The highest BCUT2D eigenvalue weighted by molar-refractivity contribution is 6.06. The number of methoxy groups -OCH3 is 2. The first-order valence-electron chi connectivity index (χ1n) is 24.4. The summed E-state index contributed by atoms with van der Waals surface area (Å²) in [5, 5.41) is 32.4. The summed E-state index contributed by atoms with van der Waals surface area (Å²) < 4.78 is 29.8. The minimum Gasteiger partial charge on any atom is -0.493 e. The zero-order valence-corrected chi connectivity index (χ0v) is 40.3. The van der Waals surface area contributed by atoms with E-state index in [1.807, 2.05) is 26.0 Å². The van der Waals surface area contributed by atoms with E-state index in [1.165, 1.54) is 20.0 Å². The van der Waals surface area contributed by atoms with Crippen LogP contribution in [-0.2, 0) is 20.9 Å². The molecule has 4 aliphatic heterocycles. The van der Waals surface area contributed by atoms with Crippen LogP contribution in [0.5, 0.6) is 23.0 Å². The van der Waals surface area contributed by atoms with E-state index < -0.39 is 48.5 Å². The zero-order valence-electron chi connectivity index (χ0n) is 40.3. The van der Waals surface area contributed by atoms with E-state index in [4.69, 9.17) is 29.4 Å². The second-order valence-electron chi connectivity index (χ2n) is 20.4. The molecule has 18 heteroatoms. The van der Waals surface area contributed by atoms with Crippen LogP contribution in [-0.4, -0.2) is 121 Å². The highest BCUT2D eigenvalue weighted by Gasteiger charge is 2.58. The summed E-state index contributed by atoms with van der Waals surface area (Å²) in [5.41, 5.74) is 9.30. The van der Waals surface area contributed by atoms with Crippen molar-refractivity contribution in [3.63, 3.8) is 0 Å². The molecule has 9 rings (SSSR count). The van der Waals surface area contributed by atoms with Crippen molar-refractivity contribution in [2.45, 2.75) is 122 Å². The summed E-state index contributed by atoms with van der Waals surface area (Å²) in [6, 6.07) is 11.7. The lowest BCUT2D eigenvalue weighted by molar-refractivity contribution is -0.127. The number of aliphatic hydroxyl groups is 2. The number of fused-ring (bicyclic) bond motifs is 4.